The van der Waals surface area contributed by atoms with Crippen LogP contribution in [-0.2, 0) is 4.79 Å². The minimum atomic E-state index is -1.79. The first-order chi connectivity index (χ1) is 12.0. The summed E-state index contributed by atoms with van der Waals surface area (Å²) >= 11 is 29.7. The summed E-state index contributed by atoms with van der Waals surface area (Å²) in [5.41, 5.74) is 0.295. The van der Waals surface area contributed by atoms with E-state index in [0.29, 0.717) is 11.4 Å². The molecule has 1 fully saturated rings. The number of rotatable bonds is 6. The number of benzene rings is 1. The first-order valence-corrected chi connectivity index (χ1v) is 9.67. The largest absolute Gasteiger partial charge is 0.495 e. The van der Waals surface area contributed by atoms with Crippen LogP contribution in [-0.4, -0.2) is 23.0 Å². The van der Waals surface area contributed by atoms with Crippen molar-refractivity contribution in [3.8, 4) is 5.75 Å². The van der Waals surface area contributed by atoms with Crippen molar-refractivity contribution in [1.29, 1.82) is 0 Å². The van der Waals surface area contributed by atoms with Crippen LogP contribution in [0.15, 0.2) is 34.8 Å². The smallest absolute Gasteiger partial charge is 0.228 e. The SMILES string of the molecule is COc1ccccc1N[C@@H](NC(=O)[C@H]1[C@@H](C=C(Cl)Cl)C1(C)C)C(Cl)(Cl)Cl. The Labute approximate surface area is 178 Å². The highest BCUT2D eigenvalue weighted by atomic mass is 35.6. The minimum Gasteiger partial charge on any atom is -0.495 e. The normalized spacial score (nSPS) is 22.2. The summed E-state index contributed by atoms with van der Waals surface area (Å²) in [4.78, 5) is 12.7. The van der Waals surface area contributed by atoms with Gasteiger partial charge in [0.15, 0.2) is 0 Å². The number of anilines is 1. The van der Waals surface area contributed by atoms with E-state index < -0.39 is 9.96 Å². The van der Waals surface area contributed by atoms with Gasteiger partial charge < -0.3 is 15.4 Å². The third-order valence-electron chi connectivity index (χ3n) is 4.52. The molecule has 1 saturated carbocycles. The molecule has 0 aliphatic heterocycles. The Balaban J connectivity index is 2.17. The van der Waals surface area contributed by atoms with Crippen LogP contribution in [0.3, 0.4) is 0 Å². The number of carbonyl (C=O) groups is 1. The average Bonchev–Trinajstić information content (AvgIpc) is 3.05. The third kappa shape index (κ3) is 5.05. The van der Waals surface area contributed by atoms with Crippen LogP contribution in [0.5, 0.6) is 5.75 Å². The second kappa shape index (κ2) is 8.24. The van der Waals surface area contributed by atoms with Crippen molar-refractivity contribution >= 4 is 69.6 Å². The number of allylic oxidation sites excluding steroid dienone is 1. The number of nitrogens with one attached hydrogen (secondary N) is 2. The Hall–Kier alpha value is -0.520. The van der Waals surface area contributed by atoms with Crippen molar-refractivity contribution in [2.75, 3.05) is 12.4 Å². The van der Waals surface area contributed by atoms with Crippen LogP contribution in [0.4, 0.5) is 5.69 Å². The second-order valence-electron chi connectivity index (χ2n) is 6.61. The fourth-order valence-electron chi connectivity index (χ4n) is 2.98. The molecule has 2 N–H and O–H groups in total. The van der Waals surface area contributed by atoms with Gasteiger partial charge in [0.25, 0.3) is 0 Å². The molecule has 1 aliphatic carbocycles. The maximum Gasteiger partial charge on any atom is 0.228 e. The zero-order chi connectivity index (χ0) is 19.7. The molecule has 144 valence electrons. The molecule has 0 radical (unpaired) electrons. The Morgan fingerprint density at radius 3 is 2.42 bits per heavy atom. The van der Waals surface area contributed by atoms with E-state index in [1.54, 1.807) is 24.3 Å². The molecule has 2 rings (SSSR count). The van der Waals surface area contributed by atoms with Gasteiger partial charge in [0.1, 0.15) is 16.4 Å². The van der Waals surface area contributed by atoms with E-state index in [2.05, 4.69) is 10.6 Å². The van der Waals surface area contributed by atoms with E-state index in [0.717, 1.165) is 0 Å². The van der Waals surface area contributed by atoms with Gasteiger partial charge in [-0.1, -0.05) is 84.0 Å². The fourth-order valence-corrected chi connectivity index (χ4v) is 3.58. The molecule has 0 aromatic heterocycles. The van der Waals surface area contributed by atoms with Gasteiger partial charge >= 0.3 is 0 Å². The molecule has 4 nitrogen and oxygen atoms in total. The Morgan fingerprint density at radius 2 is 1.88 bits per heavy atom. The Morgan fingerprint density at radius 1 is 1.27 bits per heavy atom. The Bertz CT molecular complexity index is 699. The molecule has 1 amide bonds. The zero-order valence-electron chi connectivity index (χ0n) is 14.3. The van der Waals surface area contributed by atoms with Crippen LogP contribution >= 0.6 is 58.0 Å². The second-order valence-corrected chi connectivity index (χ2v) is 9.99. The highest BCUT2D eigenvalue weighted by molar-refractivity contribution is 6.68. The molecule has 0 bridgehead atoms. The van der Waals surface area contributed by atoms with Gasteiger partial charge in [-0.05, 0) is 29.5 Å². The molecule has 26 heavy (non-hydrogen) atoms. The molecular formula is C17H19Cl5N2O2. The quantitative estimate of drug-likeness (QED) is 0.435. The highest BCUT2D eigenvalue weighted by Crippen LogP contribution is 2.59. The molecule has 0 spiro atoms. The van der Waals surface area contributed by atoms with E-state index in [4.69, 9.17) is 62.7 Å². The van der Waals surface area contributed by atoms with Gasteiger partial charge in [-0.25, -0.2) is 0 Å². The number of ether oxygens (including phenoxy) is 1. The monoisotopic (exact) mass is 458 g/mol. The number of para-hydroxylation sites is 2. The average molecular weight is 461 g/mol. The number of amides is 1. The first-order valence-electron chi connectivity index (χ1n) is 7.78. The fraction of sp³-hybridized carbons (Fsp3) is 0.471. The van der Waals surface area contributed by atoms with E-state index in [1.165, 1.54) is 7.11 Å². The van der Waals surface area contributed by atoms with Crippen LogP contribution in [0.1, 0.15) is 13.8 Å². The summed E-state index contributed by atoms with van der Waals surface area (Å²) in [5.74, 6) is -0.119. The lowest BCUT2D eigenvalue weighted by Gasteiger charge is -2.28. The molecule has 3 atom stereocenters. The predicted molar refractivity (Wildman–Crippen MR) is 109 cm³/mol. The number of hydrogen-bond acceptors (Lipinski definition) is 3. The minimum absolute atomic E-state index is 0.0882. The van der Waals surface area contributed by atoms with E-state index in [1.807, 2.05) is 19.9 Å². The Kier molecular flexibility index (Phi) is 6.90. The summed E-state index contributed by atoms with van der Waals surface area (Å²) in [6.07, 6.45) is 0.689. The van der Waals surface area contributed by atoms with Crippen molar-refractivity contribution in [3.63, 3.8) is 0 Å². The van der Waals surface area contributed by atoms with Crippen LogP contribution in [0.25, 0.3) is 0 Å². The lowest BCUT2D eigenvalue weighted by Crippen LogP contribution is -2.50. The summed E-state index contributed by atoms with van der Waals surface area (Å²) < 4.78 is 3.62. The van der Waals surface area contributed by atoms with Crippen LogP contribution in [0.2, 0.25) is 0 Å². The molecular weight excluding hydrogens is 441 g/mol. The standard InChI is InChI=1S/C17H19Cl5N2O2/c1-16(2)9(8-12(18)19)13(16)14(25)24-15(17(20,21)22)23-10-6-4-5-7-11(10)26-3/h4-9,13,15,23H,1-3H3,(H,24,25)/t9-,13-,15+/m1/s1. The van der Waals surface area contributed by atoms with Crippen molar-refractivity contribution in [2.45, 2.75) is 23.8 Å². The van der Waals surface area contributed by atoms with Gasteiger partial charge in [-0.3, -0.25) is 4.79 Å². The summed E-state index contributed by atoms with van der Waals surface area (Å²) in [6.45, 7) is 3.90. The number of alkyl halides is 3. The van der Waals surface area contributed by atoms with Crippen molar-refractivity contribution in [2.24, 2.45) is 17.3 Å². The lowest BCUT2D eigenvalue weighted by atomic mass is 10.1. The van der Waals surface area contributed by atoms with Crippen molar-refractivity contribution in [1.82, 2.24) is 5.32 Å². The summed E-state index contributed by atoms with van der Waals surface area (Å²) in [7, 11) is 1.53. The summed E-state index contributed by atoms with van der Waals surface area (Å²) in [6, 6.07) is 7.13. The number of carbonyl (C=O) groups excluding carboxylic acids is 1. The van der Waals surface area contributed by atoms with E-state index in [9.17, 15) is 4.79 Å². The number of hydrogen-bond donors (Lipinski definition) is 2. The van der Waals surface area contributed by atoms with Gasteiger partial charge in [0.2, 0.25) is 9.70 Å². The molecule has 0 unspecified atom stereocenters. The highest BCUT2D eigenvalue weighted by Gasteiger charge is 2.61. The van der Waals surface area contributed by atoms with Crippen LogP contribution in [0, 0.1) is 17.3 Å². The number of methoxy groups -OCH3 is 1. The van der Waals surface area contributed by atoms with Crippen LogP contribution < -0.4 is 15.4 Å². The molecule has 0 heterocycles. The molecule has 1 aromatic carbocycles. The maximum absolute atomic E-state index is 12.7. The third-order valence-corrected chi connectivity index (χ3v) is 5.43. The molecule has 0 saturated heterocycles. The summed E-state index contributed by atoms with van der Waals surface area (Å²) in [5, 5.41) is 5.78. The maximum atomic E-state index is 12.7. The van der Waals surface area contributed by atoms with Crippen molar-refractivity contribution < 1.29 is 9.53 Å². The zero-order valence-corrected chi connectivity index (χ0v) is 18.1. The first kappa shape index (κ1) is 21.8. The van der Waals surface area contributed by atoms with Gasteiger partial charge in [0, 0.05) is 0 Å². The van der Waals surface area contributed by atoms with Gasteiger partial charge in [-0.2, -0.15) is 0 Å². The van der Waals surface area contributed by atoms with Gasteiger partial charge in [0.05, 0.1) is 18.7 Å². The van der Waals surface area contributed by atoms with E-state index >= 15 is 0 Å². The predicted octanol–water partition coefficient (Wildman–Crippen LogP) is 5.51. The topological polar surface area (TPSA) is 50.4 Å². The molecule has 1 aliphatic rings. The van der Waals surface area contributed by atoms with Crippen molar-refractivity contribution in [3.05, 3.63) is 34.8 Å². The molecule has 1 aromatic rings. The number of halogens is 5. The lowest BCUT2D eigenvalue weighted by molar-refractivity contribution is -0.123. The van der Waals surface area contributed by atoms with Gasteiger partial charge in [-0.15, -0.1) is 0 Å². The molecule has 9 heteroatoms. The van der Waals surface area contributed by atoms with E-state index in [-0.39, 0.29) is 27.6 Å².